The molecule has 1 saturated carbocycles. The molecule has 1 aliphatic carbocycles. The topological polar surface area (TPSA) is 84.5 Å². The van der Waals surface area contributed by atoms with Gasteiger partial charge in [-0.05, 0) is 54.8 Å². The lowest BCUT2D eigenvalue weighted by atomic mass is 9.85. The Labute approximate surface area is 176 Å². The van der Waals surface area contributed by atoms with Crippen LogP contribution in [0.1, 0.15) is 51.1 Å². The largest absolute Gasteiger partial charge is 0.465 e. The van der Waals surface area contributed by atoms with E-state index in [-0.39, 0.29) is 35.2 Å². The van der Waals surface area contributed by atoms with E-state index in [4.69, 9.17) is 4.74 Å². The summed E-state index contributed by atoms with van der Waals surface area (Å²) < 4.78 is 43.4. The number of methoxy groups -OCH3 is 1. The zero-order chi connectivity index (χ0) is 22.6. The van der Waals surface area contributed by atoms with Crippen LogP contribution in [0.15, 0.2) is 42.5 Å². The van der Waals surface area contributed by atoms with Gasteiger partial charge in [-0.15, -0.1) is 0 Å². The second-order valence-electron chi connectivity index (χ2n) is 7.29. The van der Waals surface area contributed by atoms with Gasteiger partial charge in [-0.2, -0.15) is 13.2 Å². The van der Waals surface area contributed by atoms with E-state index in [9.17, 15) is 27.6 Å². The van der Waals surface area contributed by atoms with Gasteiger partial charge in [-0.1, -0.05) is 12.5 Å². The molecule has 0 spiro atoms. The maximum Gasteiger partial charge on any atom is 0.416 e. The van der Waals surface area contributed by atoms with Crippen LogP contribution in [0, 0.1) is 5.92 Å². The predicted molar refractivity (Wildman–Crippen MR) is 106 cm³/mol. The number of carbonyl (C=O) groups excluding carboxylic acids is 3. The van der Waals surface area contributed by atoms with Crippen molar-refractivity contribution in [2.24, 2.45) is 5.92 Å². The van der Waals surface area contributed by atoms with E-state index in [1.54, 1.807) is 6.07 Å². The molecule has 2 amide bonds. The van der Waals surface area contributed by atoms with Crippen LogP contribution >= 0.6 is 0 Å². The molecule has 0 radical (unpaired) electrons. The van der Waals surface area contributed by atoms with Crippen molar-refractivity contribution in [2.45, 2.75) is 32.0 Å². The number of hydrogen-bond acceptors (Lipinski definition) is 4. The molecule has 6 nitrogen and oxygen atoms in total. The Morgan fingerprint density at radius 2 is 1.81 bits per heavy atom. The minimum Gasteiger partial charge on any atom is -0.465 e. The number of nitrogens with one attached hydrogen (secondary N) is 2. The smallest absolute Gasteiger partial charge is 0.416 e. The number of ether oxygens (including phenoxy) is 1. The third-order valence-electron chi connectivity index (χ3n) is 5.07. The first-order valence-electron chi connectivity index (χ1n) is 9.66. The van der Waals surface area contributed by atoms with Gasteiger partial charge in [0.1, 0.15) is 0 Å². The first-order chi connectivity index (χ1) is 14.7. The molecular weight excluding hydrogens is 413 g/mol. The van der Waals surface area contributed by atoms with Crippen molar-refractivity contribution in [3.63, 3.8) is 0 Å². The Hall–Kier alpha value is -3.36. The van der Waals surface area contributed by atoms with E-state index < -0.39 is 23.6 Å². The Bertz CT molecular complexity index is 1000. The van der Waals surface area contributed by atoms with E-state index >= 15 is 0 Å². The molecule has 0 heterocycles. The number of amides is 2. The van der Waals surface area contributed by atoms with Gasteiger partial charge in [-0.25, -0.2) is 4.79 Å². The normalized spacial score (nSPS) is 13.8. The van der Waals surface area contributed by atoms with Gasteiger partial charge in [0.05, 0.1) is 18.2 Å². The fraction of sp³-hybridized carbons (Fsp3) is 0.318. The highest BCUT2D eigenvalue weighted by atomic mass is 19.4. The summed E-state index contributed by atoms with van der Waals surface area (Å²) in [5.74, 6) is -1.51. The first-order valence-corrected chi connectivity index (χ1v) is 9.66. The van der Waals surface area contributed by atoms with Crippen LogP contribution in [0.5, 0.6) is 0 Å². The average molecular weight is 434 g/mol. The van der Waals surface area contributed by atoms with Crippen LogP contribution in [0.4, 0.5) is 18.9 Å². The molecule has 0 aromatic heterocycles. The van der Waals surface area contributed by atoms with Crippen LogP contribution in [-0.2, 0) is 22.3 Å². The maximum absolute atomic E-state index is 12.9. The van der Waals surface area contributed by atoms with Crippen LogP contribution in [0.25, 0.3) is 0 Å². The third kappa shape index (κ3) is 5.62. The molecule has 0 aliphatic heterocycles. The fourth-order valence-electron chi connectivity index (χ4n) is 3.15. The van der Waals surface area contributed by atoms with E-state index in [1.165, 1.54) is 25.3 Å². The minimum atomic E-state index is -4.58. The Morgan fingerprint density at radius 3 is 2.42 bits per heavy atom. The molecule has 2 aromatic carbocycles. The van der Waals surface area contributed by atoms with Gasteiger partial charge >= 0.3 is 12.1 Å². The maximum atomic E-state index is 12.9. The predicted octanol–water partition coefficient (Wildman–Crippen LogP) is 4.16. The minimum absolute atomic E-state index is 0.0103. The number of anilines is 1. The Morgan fingerprint density at radius 1 is 1.06 bits per heavy atom. The lowest BCUT2D eigenvalue weighted by Gasteiger charge is -2.24. The Balaban J connectivity index is 1.79. The SMILES string of the molecule is COC(=O)c1cc(CNC(=O)C2CCC2)cc(NC(=O)c2cccc(C(F)(F)F)c2)c1. The summed E-state index contributed by atoms with van der Waals surface area (Å²) in [7, 11) is 1.20. The van der Waals surface area contributed by atoms with Gasteiger partial charge < -0.3 is 15.4 Å². The molecule has 0 atom stereocenters. The van der Waals surface area contributed by atoms with Crippen molar-refractivity contribution < 1.29 is 32.3 Å². The summed E-state index contributed by atoms with van der Waals surface area (Å²) in [6.07, 6.45) is -1.88. The highest BCUT2D eigenvalue weighted by Gasteiger charge is 2.31. The zero-order valence-corrected chi connectivity index (χ0v) is 16.7. The van der Waals surface area contributed by atoms with Crippen molar-refractivity contribution in [1.82, 2.24) is 5.32 Å². The van der Waals surface area contributed by atoms with Crippen molar-refractivity contribution in [1.29, 1.82) is 0 Å². The average Bonchev–Trinajstić information content (AvgIpc) is 2.69. The molecular formula is C22H21F3N2O4. The Kier molecular flexibility index (Phi) is 6.62. The van der Waals surface area contributed by atoms with Crippen LogP contribution < -0.4 is 10.6 Å². The van der Waals surface area contributed by atoms with Crippen molar-refractivity contribution in [3.8, 4) is 0 Å². The van der Waals surface area contributed by atoms with E-state index in [0.717, 1.165) is 37.5 Å². The molecule has 9 heteroatoms. The van der Waals surface area contributed by atoms with Gasteiger partial charge in [0.25, 0.3) is 5.91 Å². The summed E-state index contributed by atoms with van der Waals surface area (Å²) >= 11 is 0. The first kappa shape index (κ1) is 22.3. The monoisotopic (exact) mass is 434 g/mol. The fourth-order valence-corrected chi connectivity index (χ4v) is 3.15. The van der Waals surface area contributed by atoms with Crippen molar-refractivity contribution in [2.75, 3.05) is 12.4 Å². The number of halogens is 3. The summed E-state index contributed by atoms with van der Waals surface area (Å²) in [6.45, 7) is 0.132. The summed E-state index contributed by atoms with van der Waals surface area (Å²) in [6, 6.07) is 8.44. The van der Waals surface area contributed by atoms with Crippen LogP contribution in [0.3, 0.4) is 0 Å². The van der Waals surface area contributed by atoms with Crippen molar-refractivity contribution >= 4 is 23.5 Å². The molecule has 0 bridgehead atoms. The summed E-state index contributed by atoms with van der Waals surface area (Å²) in [5, 5.41) is 5.30. The lowest BCUT2D eigenvalue weighted by molar-refractivity contribution is -0.137. The lowest BCUT2D eigenvalue weighted by Crippen LogP contribution is -2.34. The van der Waals surface area contributed by atoms with Gasteiger partial charge in [0.2, 0.25) is 5.91 Å². The number of esters is 1. The molecule has 2 N–H and O–H groups in total. The van der Waals surface area contributed by atoms with Gasteiger partial charge in [0, 0.05) is 23.7 Å². The van der Waals surface area contributed by atoms with Crippen LogP contribution in [0.2, 0.25) is 0 Å². The number of rotatable bonds is 6. The standard InChI is InChI=1S/C22H21F3N2O4/c1-31-21(30)16-8-13(12-26-19(28)14-4-2-5-14)9-18(11-16)27-20(29)15-6-3-7-17(10-15)22(23,24)25/h3,6-11,14H,2,4-5,12H2,1H3,(H,26,28)(H,27,29). The molecule has 0 saturated heterocycles. The van der Waals surface area contributed by atoms with E-state index in [0.29, 0.717) is 5.56 Å². The molecule has 0 unspecified atom stereocenters. The summed E-state index contributed by atoms with van der Waals surface area (Å²) in [4.78, 5) is 36.5. The van der Waals surface area contributed by atoms with Crippen LogP contribution in [-0.4, -0.2) is 24.9 Å². The second-order valence-corrected chi connectivity index (χ2v) is 7.29. The van der Waals surface area contributed by atoms with Gasteiger partial charge in [0.15, 0.2) is 0 Å². The number of benzene rings is 2. The summed E-state index contributed by atoms with van der Waals surface area (Å²) in [5.41, 5.74) is -0.258. The number of alkyl halides is 3. The second kappa shape index (κ2) is 9.20. The van der Waals surface area contributed by atoms with Crippen molar-refractivity contribution in [3.05, 3.63) is 64.7 Å². The molecule has 1 aliphatic rings. The van der Waals surface area contributed by atoms with Gasteiger partial charge in [-0.3, -0.25) is 9.59 Å². The van der Waals surface area contributed by atoms with E-state index in [2.05, 4.69) is 10.6 Å². The molecule has 3 rings (SSSR count). The number of hydrogen-bond donors (Lipinski definition) is 2. The quantitative estimate of drug-likeness (QED) is 0.669. The molecule has 2 aromatic rings. The third-order valence-corrected chi connectivity index (χ3v) is 5.07. The highest BCUT2D eigenvalue weighted by molar-refractivity contribution is 6.05. The molecule has 164 valence electrons. The highest BCUT2D eigenvalue weighted by Crippen LogP contribution is 2.30. The molecule has 31 heavy (non-hydrogen) atoms. The molecule has 1 fully saturated rings. The number of carbonyl (C=O) groups is 3. The zero-order valence-electron chi connectivity index (χ0n) is 16.7. The van der Waals surface area contributed by atoms with E-state index in [1.807, 2.05) is 0 Å².